The lowest BCUT2D eigenvalue weighted by atomic mass is 9.98. The molecule has 0 bridgehead atoms. The zero-order chi connectivity index (χ0) is 23.6. The van der Waals surface area contributed by atoms with Crippen molar-refractivity contribution in [2.75, 3.05) is 20.1 Å². The number of rotatable bonds is 6. The molecule has 2 heterocycles. The van der Waals surface area contributed by atoms with Crippen LogP contribution in [0.5, 0.6) is 0 Å². The molecule has 1 aromatic heterocycles. The van der Waals surface area contributed by atoms with Crippen molar-refractivity contribution in [1.82, 2.24) is 19.3 Å². The first-order valence-electron chi connectivity index (χ1n) is 10.3. The predicted molar refractivity (Wildman–Crippen MR) is 124 cm³/mol. The van der Waals surface area contributed by atoms with E-state index in [1.165, 1.54) is 33.5 Å². The van der Waals surface area contributed by atoms with Crippen LogP contribution >= 0.6 is 23.2 Å². The number of aromatic nitrogens is 2. The van der Waals surface area contributed by atoms with Gasteiger partial charge in [0.05, 0.1) is 22.4 Å². The molecule has 174 valence electrons. The van der Waals surface area contributed by atoms with Crippen LogP contribution in [0.1, 0.15) is 18.7 Å². The molecular weight excluding hydrogens is 487 g/mol. The Kier molecular flexibility index (Phi) is 7.04. The van der Waals surface area contributed by atoms with Gasteiger partial charge in [-0.05, 0) is 49.2 Å². The fourth-order valence-corrected chi connectivity index (χ4v) is 5.65. The minimum absolute atomic E-state index is 0.108. The summed E-state index contributed by atoms with van der Waals surface area (Å²) in [4.78, 5) is 19.0. The first-order chi connectivity index (χ1) is 15.8. The molecule has 0 N–H and O–H groups in total. The van der Waals surface area contributed by atoms with Gasteiger partial charge >= 0.3 is 0 Å². The first-order valence-corrected chi connectivity index (χ1v) is 12.5. The van der Waals surface area contributed by atoms with Crippen molar-refractivity contribution in [3.8, 4) is 11.4 Å². The van der Waals surface area contributed by atoms with Crippen LogP contribution in [0, 0.1) is 5.92 Å². The summed E-state index contributed by atoms with van der Waals surface area (Å²) in [5.41, 5.74) is 0.637. The van der Waals surface area contributed by atoms with E-state index >= 15 is 0 Å². The Morgan fingerprint density at radius 3 is 2.64 bits per heavy atom. The van der Waals surface area contributed by atoms with E-state index < -0.39 is 15.9 Å². The third-order valence-corrected chi connectivity index (χ3v) is 7.98. The number of hydrogen-bond donors (Lipinski definition) is 0. The molecule has 1 saturated heterocycles. The lowest BCUT2D eigenvalue weighted by Gasteiger charge is -2.33. The molecule has 0 aliphatic carbocycles. The summed E-state index contributed by atoms with van der Waals surface area (Å²) in [5.74, 6) is -0.0307. The van der Waals surface area contributed by atoms with Crippen LogP contribution in [0.3, 0.4) is 0 Å². The van der Waals surface area contributed by atoms with Crippen LogP contribution in [-0.4, -0.2) is 53.8 Å². The molecule has 1 amide bonds. The standard InChI is InChI=1S/C22H22Cl2N4O4S/c1-27(14-20-25-21(26-32-20)18-6-2-3-7-19(18)24)22(29)15-5-4-12-28(13-15)33(30,31)17-10-8-16(23)9-11-17/h2-3,6-11,15H,4-5,12-14H2,1H3. The molecule has 1 aliphatic heterocycles. The largest absolute Gasteiger partial charge is 0.337 e. The first kappa shape index (κ1) is 23.7. The molecule has 0 spiro atoms. The predicted octanol–water partition coefficient (Wildman–Crippen LogP) is 4.10. The molecule has 0 saturated carbocycles. The highest BCUT2D eigenvalue weighted by atomic mass is 35.5. The maximum Gasteiger partial charge on any atom is 0.246 e. The number of amides is 1. The Hall–Kier alpha value is -2.46. The number of benzene rings is 2. The summed E-state index contributed by atoms with van der Waals surface area (Å²) in [6.07, 6.45) is 1.19. The van der Waals surface area contributed by atoms with Crippen LogP contribution in [0.15, 0.2) is 57.9 Å². The molecule has 33 heavy (non-hydrogen) atoms. The zero-order valence-corrected chi connectivity index (χ0v) is 20.1. The van der Waals surface area contributed by atoms with Crippen LogP contribution in [0.2, 0.25) is 10.0 Å². The number of carbonyl (C=O) groups excluding carboxylic acids is 1. The van der Waals surface area contributed by atoms with Gasteiger partial charge in [0.25, 0.3) is 0 Å². The van der Waals surface area contributed by atoms with Gasteiger partial charge in [-0.25, -0.2) is 8.42 Å². The minimum atomic E-state index is -3.71. The maximum absolute atomic E-state index is 13.1. The SMILES string of the molecule is CN(Cc1nc(-c2ccccc2Cl)no1)C(=O)C1CCCN(S(=O)(=O)c2ccc(Cl)cc2)C1. The summed E-state index contributed by atoms with van der Waals surface area (Å²) in [6, 6.07) is 13.2. The third kappa shape index (κ3) is 5.22. The fraction of sp³-hybridized carbons (Fsp3) is 0.318. The number of piperidine rings is 1. The molecule has 1 atom stereocenters. The molecule has 3 aromatic rings. The molecule has 8 nitrogen and oxygen atoms in total. The lowest BCUT2D eigenvalue weighted by molar-refractivity contribution is -0.136. The highest BCUT2D eigenvalue weighted by Gasteiger charge is 2.34. The van der Waals surface area contributed by atoms with Crippen LogP contribution < -0.4 is 0 Å². The number of nitrogens with zero attached hydrogens (tertiary/aromatic N) is 4. The molecule has 1 unspecified atom stereocenters. The van der Waals surface area contributed by atoms with Crippen molar-refractivity contribution >= 4 is 39.1 Å². The Balaban J connectivity index is 1.42. The van der Waals surface area contributed by atoms with Crippen molar-refractivity contribution in [3.63, 3.8) is 0 Å². The van der Waals surface area contributed by atoms with Gasteiger partial charge in [-0.3, -0.25) is 4.79 Å². The molecule has 1 aliphatic rings. The van der Waals surface area contributed by atoms with Crippen molar-refractivity contribution in [1.29, 1.82) is 0 Å². The van der Waals surface area contributed by atoms with E-state index in [2.05, 4.69) is 10.1 Å². The molecule has 11 heteroatoms. The second-order valence-electron chi connectivity index (χ2n) is 7.84. The van der Waals surface area contributed by atoms with Gasteiger partial charge in [0, 0.05) is 30.7 Å². The van der Waals surface area contributed by atoms with E-state index in [1.54, 1.807) is 25.2 Å². The normalized spacial score (nSPS) is 17.1. The summed E-state index contributed by atoms with van der Waals surface area (Å²) >= 11 is 12.1. The summed E-state index contributed by atoms with van der Waals surface area (Å²) in [5, 5.41) is 4.91. The van der Waals surface area contributed by atoms with Crippen LogP contribution in [0.4, 0.5) is 0 Å². The van der Waals surface area contributed by atoms with Gasteiger partial charge in [-0.15, -0.1) is 0 Å². The van der Waals surface area contributed by atoms with Crippen molar-refractivity contribution < 1.29 is 17.7 Å². The third-order valence-electron chi connectivity index (χ3n) is 5.52. The number of sulfonamides is 1. The van der Waals surface area contributed by atoms with E-state index in [9.17, 15) is 13.2 Å². The van der Waals surface area contributed by atoms with Gasteiger partial charge in [-0.2, -0.15) is 9.29 Å². The summed E-state index contributed by atoms with van der Waals surface area (Å²) < 4.78 is 32.7. The number of carbonyl (C=O) groups is 1. The van der Waals surface area contributed by atoms with Gasteiger partial charge in [0.15, 0.2) is 0 Å². The van der Waals surface area contributed by atoms with Crippen molar-refractivity contribution in [2.45, 2.75) is 24.3 Å². The van der Waals surface area contributed by atoms with E-state index in [1.807, 2.05) is 6.07 Å². The quantitative estimate of drug-likeness (QED) is 0.497. The Morgan fingerprint density at radius 2 is 1.91 bits per heavy atom. The second kappa shape index (κ2) is 9.80. The summed E-state index contributed by atoms with van der Waals surface area (Å²) in [7, 11) is -2.08. The Labute approximate surface area is 202 Å². The molecule has 0 radical (unpaired) electrons. The topological polar surface area (TPSA) is 96.6 Å². The maximum atomic E-state index is 13.1. The van der Waals surface area contributed by atoms with E-state index in [4.69, 9.17) is 27.7 Å². The van der Waals surface area contributed by atoms with E-state index in [-0.39, 0.29) is 29.8 Å². The average Bonchev–Trinajstić information content (AvgIpc) is 3.27. The molecule has 4 rings (SSSR count). The number of halogens is 2. The van der Waals surface area contributed by atoms with Gasteiger partial charge in [-0.1, -0.05) is 40.5 Å². The van der Waals surface area contributed by atoms with E-state index in [0.29, 0.717) is 40.8 Å². The van der Waals surface area contributed by atoms with Crippen molar-refractivity contribution in [3.05, 3.63) is 64.5 Å². The van der Waals surface area contributed by atoms with Gasteiger partial charge < -0.3 is 9.42 Å². The molecule has 2 aromatic carbocycles. The smallest absolute Gasteiger partial charge is 0.246 e. The highest BCUT2D eigenvalue weighted by molar-refractivity contribution is 7.89. The fourth-order valence-electron chi connectivity index (χ4n) is 3.78. The van der Waals surface area contributed by atoms with Crippen molar-refractivity contribution in [2.24, 2.45) is 5.92 Å². The molecule has 1 fully saturated rings. The van der Waals surface area contributed by atoms with E-state index in [0.717, 1.165) is 0 Å². The Morgan fingerprint density at radius 1 is 1.18 bits per heavy atom. The Bertz CT molecular complexity index is 1250. The van der Waals surface area contributed by atoms with Crippen LogP contribution in [-0.2, 0) is 21.4 Å². The zero-order valence-electron chi connectivity index (χ0n) is 17.8. The molecular formula is C22H22Cl2N4O4S. The summed E-state index contributed by atoms with van der Waals surface area (Å²) in [6.45, 7) is 0.586. The van der Waals surface area contributed by atoms with Gasteiger partial charge in [0.1, 0.15) is 0 Å². The second-order valence-corrected chi connectivity index (χ2v) is 10.6. The van der Waals surface area contributed by atoms with Crippen LogP contribution in [0.25, 0.3) is 11.4 Å². The highest BCUT2D eigenvalue weighted by Crippen LogP contribution is 2.27. The van der Waals surface area contributed by atoms with Gasteiger partial charge in [0.2, 0.25) is 27.6 Å². The lowest BCUT2D eigenvalue weighted by Crippen LogP contribution is -2.45. The number of hydrogen-bond acceptors (Lipinski definition) is 6. The minimum Gasteiger partial charge on any atom is -0.337 e. The average molecular weight is 509 g/mol. The monoisotopic (exact) mass is 508 g/mol.